The number of guanidine groups is 1. The van der Waals surface area contributed by atoms with E-state index in [-0.39, 0.29) is 19.4 Å². The number of alkyl carbamates (subject to hydrolysis) is 1. The normalized spacial score (nSPS) is 16.8. The van der Waals surface area contributed by atoms with Crippen molar-refractivity contribution in [3.63, 3.8) is 0 Å². The second kappa shape index (κ2) is 12.6. The average molecular weight is 441 g/mol. The average Bonchev–Trinajstić information content (AvgIpc) is 3.41. The zero-order chi connectivity index (χ0) is 22.5. The van der Waals surface area contributed by atoms with E-state index < -0.39 is 23.6 Å². The number of aliphatic imine (C=N–C) groups is 1. The molecular weight excluding hydrogens is 408 g/mol. The first-order chi connectivity index (χ1) is 14.9. The van der Waals surface area contributed by atoms with Gasteiger partial charge in [-0.1, -0.05) is 18.5 Å². The molecule has 2 aliphatic heterocycles. The molecule has 1 unspecified atom stereocenters. The minimum atomic E-state index is -1.98. The lowest BCUT2D eigenvalue weighted by molar-refractivity contribution is -0.149. The molecule has 0 fully saturated rings. The number of nitrogens with one attached hydrogen (secondary N) is 4. The molecule has 0 aromatic heterocycles. The van der Waals surface area contributed by atoms with Crippen molar-refractivity contribution in [2.75, 3.05) is 32.8 Å². The number of carbonyl (C=O) groups is 3. The fourth-order valence-corrected chi connectivity index (χ4v) is 3.06. The molecule has 12 heteroatoms. The molecule has 12 nitrogen and oxygen atoms in total. The van der Waals surface area contributed by atoms with Crippen LogP contribution in [-0.4, -0.2) is 73.3 Å². The van der Waals surface area contributed by atoms with Gasteiger partial charge in [0, 0.05) is 25.9 Å². The van der Waals surface area contributed by atoms with E-state index in [0.29, 0.717) is 44.5 Å². The van der Waals surface area contributed by atoms with Gasteiger partial charge in [0.25, 0.3) is 0 Å². The van der Waals surface area contributed by atoms with E-state index in [1.54, 1.807) is 0 Å². The molecule has 0 saturated carbocycles. The van der Waals surface area contributed by atoms with E-state index in [1.165, 1.54) is 0 Å². The van der Waals surface area contributed by atoms with Crippen LogP contribution in [0.5, 0.6) is 0 Å². The number of nitrogens with zero attached hydrogens (tertiary/aromatic N) is 2. The summed E-state index contributed by atoms with van der Waals surface area (Å²) in [5, 5.41) is 24.7. The van der Waals surface area contributed by atoms with Crippen molar-refractivity contribution < 1.29 is 29.1 Å². The van der Waals surface area contributed by atoms with Crippen LogP contribution in [0.1, 0.15) is 51.9 Å². The Balaban J connectivity index is 1.96. The third-order valence-electron chi connectivity index (χ3n) is 4.75. The fraction of sp³-hybridized carbons (Fsp3) is 0.737. The molecule has 1 atom stereocenters. The van der Waals surface area contributed by atoms with Crippen LogP contribution in [0.15, 0.2) is 10.1 Å². The molecule has 174 valence electrons. The number of ether oxygens (including phenoxy) is 1. The summed E-state index contributed by atoms with van der Waals surface area (Å²) in [6.07, 6.45) is 2.01. The van der Waals surface area contributed by atoms with Crippen LogP contribution in [0.25, 0.3) is 0 Å². The number of aliphatic carboxylic acids is 1. The van der Waals surface area contributed by atoms with Crippen molar-refractivity contribution in [2.45, 2.75) is 57.5 Å². The van der Waals surface area contributed by atoms with Gasteiger partial charge in [0.2, 0.25) is 11.6 Å². The first-order valence-corrected chi connectivity index (χ1v) is 10.6. The van der Waals surface area contributed by atoms with Crippen molar-refractivity contribution in [3.8, 4) is 0 Å². The molecule has 31 heavy (non-hydrogen) atoms. The van der Waals surface area contributed by atoms with Gasteiger partial charge in [-0.05, 0) is 19.3 Å². The summed E-state index contributed by atoms with van der Waals surface area (Å²) in [5.74, 6) is -1.22. The molecular formula is C19H32N6O6. The molecule has 2 aliphatic rings. The van der Waals surface area contributed by atoms with Gasteiger partial charge in [0.05, 0.1) is 25.3 Å². The first-order valence-electron chi connectivity index (χ1n) is 10.6. The molecule has 0 aromatic rings. The van der Waals surface area contributed by atoms with Gasteiger partial charge in [0.1, 0.15) is 6.61 Å². The van der Waals surface area contributed by atoms with Gasteiger partial charge >= 0.3 is 12.1 Å². The maximum atomic E-state index is 12.5. The quantitative estimate of drug-likeness (QED) is 0.202. The number of amides is 2. The van der Waals surface area contributed by atoms with Crippen molar-refractivity contribution in [3.05, 3.63) is 0 Å². The van der Waals surface area contributed by atoms with Crippen LogP contribution in [0.4, 0.5) is 4.79 Å². The van der Waals surface area contributed by atoms with E-state index in [9.17, 15) is 19.5 Å². The van der Waals surface area contributed by atoms with E-state index >= 15 is 0 Å². The molecule has 2 rings (SSSR count). The third kappa shape index (κ3) is 8.30. The summed E-state index contributed by atoms with van der Waals surface area (Å²) in [5.41, 5.74) is -1.46. The van der Waals surface area contributed by atoms with E-state index in [2.05, 4.69) is 31.4 Å². The molecule has 2 amide bonds. The topological polar surface area (TPSA) is 163 Å². The fourth-order valence-electron chi connectivity index (χ4n) is 3.06. The van der Waals surface area contributed by atoms with E-state index in [4.69, 9.17) is 9.57 Å². The predicted octanol–water partition coefficient (Wildman–Crippen LogP) is 0.295. The third-order valence-corrected chi connectivity index (χ3v) is 4.75. The number of rotatable bonds is 13. The Bertz CT molecular complexity index is 697. The minimum Gasteiger partial charge on any atom is -0.478 e. The molecule has 0 spiro atoms. The van der Waals surface area contributed by atoms with Gasteiger partial charge in [-0.15, -0.1) is 0 Å². The highest BCUT2D eigenvalue weighted by atomic mass is 16.6. The Kier molecular flexibility index (Phi) is 9.85. The number of carboxylic acid groups (broad SMARTS) is 1. The first kappa shape index (κ1) is 24.2. The van der Waals surface area contributed by atoms with Crippen LogP contribution in [0.2, 0.25) is 0 Å². The van der Waals surface area contributed by atoms with Gasteiger partial charge in [0.15, 0.2) is 5.96 Å². The largest absolute Gasteiger partial charge is 0.478 e. The summed E-state index contributed by atoms with van der Waals surface area (Å²) in [4.78, 5) is 45.9. The Morgan fingerprint density at radius 1 is 1.26 bits per heavy atom. The molecule has 0 saturated heterocycles. The summed E-state index contributed by atoms with van der Waals surface area (Å²) in [6, 6.07) is 0. The lowest BCUT2D eigenvalue weighted by atomic mass is 10.0. The number of unbranched alkanes of at least 4 members (excludes halogenated alkanes) is 2. The van der Waals surface area contributed by atoms with Gasteiger partial charge in [-0.2, -0.15) is 0 Å². The highest BCUT2D eigenvalue weighted by Gasteiger charge is 2.42. The van der Waals surface area contributed by atoms with Gasteiger partial charge in [-0.25, -0.2) is 9.59 Å². The van der Waals surface area contributed by atoms with Crippen molar-refractivity contribution in [1.82, 2.24) is 21.3 Å². The lowest BCUT2D eigenvalue weighted by Gasteiger charge is -2.31. The highest BCUT2D eigenvalue weighted by molar-refractivity contribution is 6.03. The van der Waals surface area contributed by atoms with Crippen LogP contribution < -0.4 is 21.3 Å². The standard InChI is InChI=1S/C19H32N6O6/c1-2-3-11-30-18(29)24-19(16(27)28,23-15(26)13-14-6-12-31-25-14)7-4-5-8-20-17-21-9-10-22-17/h2-13H2,1H3,(H,23,26)(H,24,29)(H,27,28)(H2,20,21,22). The molecule has 0 radical (unpaired) electrons. The van der Waals surface area contributed by atoms with Crippen LogP contribution in [0.3, 0.4) is 0 Å². The zero-order valence-electron chi connectivity index (χ0n) is 17.9. The second-order valence-corrected chi connectivity index (χ2v) is 7.33. The number of hydrogen-bond acceptors (Lipinski definition) is 9. The Morgan fingerprint density at radius 2 is 2.10 bits per heavy atom. The monoisotopic (exact) mass is 440 g/mol. The molecule has 0 aromatic carbocycles. The summed E-state index contributed by atoms with van der Waals surface area (Å²) >= 11 is 0. The Hall–Kier alpha value is -3.05. The number of hydrogen-bond donors (Lipinski definition) is 5. The minimum absolute atomic E-state index is 0.0124. The van der Waals surface area contributed by atoms with Crippen molar-refractivity contribution in [1.29, 1.82) is 0 Å². The number of carboxylic acids is 1. The van der Waals surface area contributed by atoms with E-state index in [0.717, 1.165) is 25.5 Å². The molecule has 0 bridgehead atoms. The summed E-state index contributed by atoms with van der Waals surface area (Å²) in [7, 11) is 0. The van der Waals surface area contributed by atoms with Crippen molar-refractivity contribution in [2.24, 2.45) is 10.1 Å². The van der Waals surface area contributed by atoms with Gasteiger partial charge < -0.3 is 30.6 Å². The van der Waals surface area contributed by atoms with Crippen molar-refractivity contribution >= 4 is 29.6 Å². The summed E-state index contributed by atoms with van der Waals surface area (Å²) in [6.45, 7) is 4.58. The second-order valence-electron chi connectivity index (χ2n) is 7.33. The molecule has 2 heterocycles. The Labute approximate surface area is 181 Å². The van der Waals surface area contributed by atoms with E-state index in [1.807, 2.05) is 6.92 Å². The van der Waals surface area contributed by atoms with Gasteiger partial charge in [-0.3, -0.25) is 15.1 Å². The molecule has 0 aliphatic carbocycles. The lowest BCUT2D eigenvalue weighted by Crippen LogP contribution is -2.65. The Morgan fingerprint density at radius 3 is 2.74 bits per heavy atom. The predicted molar refractivity (Wildman–Crippen MR) is 113 cm³/mol. The maximum Gasteiger partial charge on any atom is 0.409 e. The number of oxime groups is 1. The summed E-state index contributed by atoms with van der Waals surface area (Å²) < 4.78 is 5.05. The maximum absolute atomic E-state index is 12.5. The van der Waals surface area contributed by atoms with Crippen LogP contribution >= 0.6 is 0 Å². The van der Waals surface area contributed by atoms with Crippen LogP contribution in [-0.2, 0) is 19.2 Å². The number of carbonyl (C=O) groups excluding carboxylic acids is 2. The highest BCUT2D eigenvalue weighted by Crippen LogP contribution is 2.14. The molecule has 5 N–H and O–H groups in total. The zero-order valence-corrected chi connectivity index (χ0v) is 17.9. The van der Waals surface area contributed by atoms with Crippen LogP contribution in [0, 0.1) is 0 Å². The SMILES string of the molecule is CCCCOC(=O)NC(CCCCNC1=NCCN1)(NC(=O)CC1=NOCC1)C(=O)O. The smallest absolute Gasteiger partial charge is 0.409 e.